The van der Waals surface area contributed by atoms with Gasteiger partial charge in [0.05, 0.1) is 11.5 Å². The largest absolute Gasteiger partial charge is 0.490 e. The van der Waals surface area contributed by atoms with Gasteiger partial charge < -0.3 is 14.8 Å². The number of imide groups is 1. The van der Waals surface area contributed by atoms with Crippen molar-refractivity contribution in [2.75, 3.05) is 26.3 Å². The van der Waals surface area contributed by atoms with Gasteiger partial charge in [-0.15, -0.1) is 0 Å². The van der Waals surface area contributed by atoms with Crippen molar-refractivity contribution in [3.05, 3.63) is 64.6 Å². The first kappa shape index (κ1) is 22.4. The van der Waals surface area contributed by atoms with Gasteiger partial charge in [-0.05, 0) is 49.4 Å². The van der Waals surface area contributed by atoms with Gasteiger partial charge in [0.2, 0.25) is 0 Å². The molecule has 0 aliphatic carbocycles. The van der Waals surface area contributed by atoms with E-state index in [0.717, 1.165) is 27.8 Å². The van der Waals surface area contributed by atoms with Crippen LogP contribution in [0.15, 0.2) is 53.4 Å². The molecule has 1 fully saturated rings. The molecule has 1 aliphatic heterocycles. The molecule has 0 saturated carbocycles. The predicted octanol–water partition coefficient (Wildman–Crippen LogP) is 3.63. The van der Waals surface area contributed by atoms with Crippen molar-refractivity contribution in [2.45, 2.75) is 13.8 Å². The molecule has 3 amide bonds. The number of carbonyl (C=O) groups excluding carboxylic acids is 3. The summed E-state index contributed by atoms with van der Waals surface area (Å²) in [5, 5.41) is 2.32. The van der Waals surface area contributed by atoms with Crippen LogP contribution in [-0.4, -0.2) is 48.3 Å². The van der Waals surface area contributed by atoms with Gasteiger partial charge in [0.1, 0.15) is 0 Å². The van der Waals surface area contributed by atoms with Crippen LogP contribution in [0.3, 0.4) is 0 Å². The first-order valence-electron chi connectivity index (χ1n) is 9.91. The maximum absolute atomic E-state index is 12.5. The van der Waals surface area contributed by atoms with Gasteiger partial charge in [-0.3, -0.25) is 19.3 Å². The number of nitrogens with one attached hydrogen (secondary N) is 1. The number of amides is 3. The molecule has 8 heteroatoms. The second-order valence-corrected chi connectivity index (χ2v) is 7.76. The molecule has 0 radical (unpaired) electrons. The van der Waals surface area contributed by atoms with Crippen molar-refractivity contribution in [3.63, 3.8) is 0 Å². The minimum Gasteiger partial charge on any atom is -0.490 e. The van der Waals surface area contributed by atoms with Crippen molar-refractivity contribution in [3.8, 4) is 11.5 Å². The highest BCUT2D eigenvalue weighted by molar-refractivity contribution is 8.18. The Balaban J connectivity index is 1.48. The molecule has 2 aromatic carbocycles. The summed E-state index contributed by atoms with van der Waals surface area (Å²) in [6.07, 6.45) is 1.70. The summed E-state index contributed by atoms with van der Waals surface area (Å²) in [7, 11) is 0. The maximum atomic E-state index is 12.5. The van der Waals surface area contributed by atoms with Gasteiger partial charge in [-0.1, -0.05) is 42.0 Å². The van der Waals surface area contributed by atoms with E-state index in [1.807, 2.05) is 44.2 Å². The van der Waals surface area contributed by atoms with Crippen molar-refractivity contribution in [2.24, 2.45) is 0 Å². The number of thioether (sulfide) groups is 1. The zero-order valence-corrected chi connectivity index (χ0v) is 18.2. The number of hydrogen-bond acceptors (Lipinski definition) is 6. The summed E-state index contributed by atoms with van der Waals surface area (Å²) >= 11 is 0.901. The van der Waals surface area contributed by atoms with E-state index in [1.54, 1.807) is 24.3 Å². The molecule has 0 unspecified atom stereocenters. The lowest BCUT2D eigenvalue weighted by Gasteiger charge is -2.14. The Morgan fingerprint density at radius 2 is 1.74 bits per heavy atom. The van der Waals surface area contributed by atoms with Gasteiger partial charge in [0.15, 0.2) is 18.1 Å². The van der Waals surface area contributed by atoms with Crippen LogP contribution in [0.1, 0.15) is 18.1 Å². The molecule has 0 spiro atoms. The first-order valence-corrected chi connectivity index (χ1v) is 10.7. The van der Waals surface area contributed by atoms with Gasteiger partial charge in [-0.2, -0.15) is 0 Å². The molecule has 1 saturated heterocycles. The number of aryl methyl sites for hydroxylation is 1. The molecule has 3 rings (SSSR count). The molecule has 0 bridgehead atoms. The average molecular weight is 441 g/mol. The third-order valence-electron chi connectivity index (χ3n) is 4.41. The fourth-order valence-electron chi connectivity index (χ4n) is 2.85. The minimum absolute atomic E-state index is 0.0944. The Kier molecular flexibility index (Phi) is 7.72. The molecule has 0 atom stereocenters. The number of carbonyl (C=O) groups is 3. The zero-order valence-electron chi connectivity index (χ0n) is 17.4. The van der Waals surface area contributed by atoms with E-state index in [-0.39, 0.29) is 36.7 Å². The lowest BCUT2D eigenvalue weighted by atomic mass is 10.1. The second-order valence-electron chi connectivity index (χ2n) is 6.76. The summed E-state index contributed by atoms with van der Waals surface area (Å²) in [5.74, 6) is 0.336. The molecule has 1 N–H and O–H groups in total. The van der Waals surface area contributed by atoms with E-state index in [1.165, 1.54) is 0 Å². The third kappa shape index (κ3) is 6.11. The second kappa shape index (κ2) is 10.7. The highest BCUT2D eigenvalue weighted by atomic mass is 32.2. The number of nitrogens with zero attached hydrogens (tertiary/aromatic N) is 1. The average Bonchev–Trinajstić information content (AvgIpc) is 3.02. The number of rotatable bonds is 9. The Bertz CT molecular complexity index is 988. The zero-order chi connectivity index (χ0) is 22.2. The molecule has 7 nitrogen and oxygen atoms in total. The summed E-state index contributed by atoms with van der Waals surface area (Å²) in [5.41, 5.74) is 1.97. The van der Waals surface area contributed by atoms with Crippen LogP contribution in [0.2, 0.25) is 0 Å². The monoisotopic (exact) mass is 440 g/mol. The van der Waals surface area contributed by atoms with Crippen LogP contribution in [0.25, 0.3) is 6.08 Å². The van der Waals surface area contributed by atoms with E-state index in [2.05, 4.69) is 5.32 Å². The van der Waals surface area contributed by atoms with E-state index in [0.29, 0.717) is 23.0 Å². The highest BCUT2D eigenvalue weighted by Crippen LogP contribution is 2.32. The van der Waals surface area contributed by atoms with Crippen LogP contribution >= 0.6 is 11.8 Å². The van der Waals surface area contributed by atoms with E-state index in [4.69, 9.17) is 9.47 Å². The van der Waals surface area contributed by atoms with Crippen LogP contribution in [0.5, 0.6) is 11.5 Å². The number of ether oxygens (including phenoxy) is 2. The van der Waals surface area contributed by atoms with E-state index < -0.39 is 0 Å². The van der Waals surface area contributed by atoms with Crippen molar-refractivity contribution in [1.82, 2.24) is 10.2 Å². The number of benzene rings is 2. The summed E-state index contributed by atoms with van der Waals surface area (Å²) in [4.78, 5) is 38.3. The fraction of sp³-hybridized carbons (Fsp3) is 0.261. The summed E-state index contributed by atoms with van der Waals surface area (Å²) in [6, 6.07) is 14.8. The maximum Gasteiger partial charge on any atom is 0.293 e. The van der Waals surface area contributed by atoms with E-state index >= 15 is 0 Å². The Morgan fingerprint density at radius 1 is 1.06 bits per heavy atom. The molecule has 162 valence electrons. The Hall–Kier alpha value is -3.26. The smallest absolute Gasteiger partial charge is 0.293 e. The first-order chi connectivity index (χ1) is 15.0. The minimum atomic E-state index is -0.355. The van der Waals surface area contributed by atoms with Gasteiger partial charge in [-0.25, -0.2) is 0 Å². The van der Waals surface area contributed by atoms with Gasteiger partial charge in [0.25, 0.3) is 17.1 Å². The van der Waals surface area contributed by atoms with Crippen molar-refractivity contribution in [1.29, 1.82) is 0 Å². The standard InChI is InChI=1S/C23H24N2O5S/c1-3-29-18-6-4-5-7-19(18)30-15-21(26)24-12-13-25-22(27)20(31-23(25)28)14-17-10-8-16(2)9-11-17/h4-11,14H,3,12-13,15H2,1-2H3,(H,24,26). The van der Waals surface area contributed by atoms with Gasteiger partial charge in [0, 0.05) is 13.1 Å². The quantitative estimate of drug-likeness (QED) is 0.600. The van der Waals surface area contributed by atoms with Crippen molar-refractivity contribution < 1.29 is 23.9 Å². The summed E-state index contributed by atoms with van der Waals surface area (Å²) < 4.78 is 11.0. The molecule has 1 aliphatic rings. The van der Waals surface area contributed by atoms with Gasteiger partial charge >= 0.3 is 0 Å². The van der Waals surface area contributed by atoms with E-state index in [9.17, 15) is 14.4 Å². The number of para-hydroxylation sites is 2. The van der Waals surface area contributed by atoms with Crippen LogP contribution in [0, 0.1) is 6.92 Å². The lowest BCUT2D eigenvalue weighted by Crippen LogP contribution is -2.38. The summed E-state index contributed by atoms with van der Waals surface area (Å²) in [6.45, 7) is 4.38. The number of hydrogen-bond donors (Lipinski definition) is 1. The van der Waals surface area contributed by atoms with Crippen LogP contribution in [-0.2, 0) is 9.59 Å². The fourth-order valence-corrected chi connectivity index (χ4v) is 3.72. The highest BCUT2D eigenvalue weighted by Gasteiger charge is 2.34. The SMILES string of the molecule is CCOc1ccccc1OCC(=O)NCCN1C(=O)SC(=Cc2ccc(C)cc2)C1=O. The van der Waals surface area contributed by atoms with Crippen LogP contribution in [0.4, 0.5) is 4.79 Å². The topological polar surface area (TPSA) is 84.9 Å². The molecule has 2 aromatic rings. The molecular formula is C23H24N2O5S. The Labute approximate surface area is 185 Å². The van der Waals surface area contributed by atoms with Crippen molar-refractivity contribution >= 4 is 34.9 Å². The predicted molar refractivity (Wildman–Crippen MR) is 120 cm³/mol. The molecule has 31 heavy (non-hydrogen) atoms. The molecular weight excluding hydrogens is 416 g/mol. The normalized spacial score (nSPS) is 14.8. The third-order valence-corrected chi connectivity index (χ3v) is 5.32. The lowest BCUT2D eigenvalue weighted by molar-refractivity contribution is -0.125. The molecule has 0 aromatic heterocycles. The Morgan fingerprint density at radius 3 is 2.42 bits per heavy atom. The molecule has 1 heterocycles. The van der Waals surface area contributed by atoms with Crippen LogP contribution < -0.4 is 14.8 Å².